The molecule has 5 heteroatoms. The number of amides is 1. The minimum atomic E-state index is -0.784. The molecule has 1 amide bonds. The Hall–Kier alpha value is -0.650. The Morgan fingerprint density at radius 3 is 2.77 bits per heavy atom. The summed E-state index contributed by atoms with van der Waals surface area (Å²) in [5, 5.41) is 22.9. The smallest absolute Gasteiger partial charge is 0.234 e. The van der Waals surface area contributed by atoms with E-state index in [1.54, 1.807) is 0 Å². The number of hydrogen-bond donors (Lipinski definition) is 4. The summed E-state index contributed by atoms with van der Waals surface area (Å²) in [5.74, 6) is -0.0485. The summed E-state index contributed by atoms with van der Waals surface area (Å²) in [4.78, 5) is 11.0. The molecule has 1 fully saturated rings. The lowest BCUT2D eigenvalue weighted by atomic mass is 10.4. The zero-order chi connectivity index (χ0) is 9.68. The van der Waals surface area contributed by atoms with Crippen molar-refractivity contribution in [2.45, 2.75) is 25.0 Å². The van der Waals surface area contributed by atoms with Gasteiger partial charge in [-0.15, -0.1) is 0 Å². The molecule has 0 bridgehead atoms. The number of aliphatic hydroxyl groups is 2. The lowest BCUT2D eigenvalue weighted by Gasteiger charge is -2.08. The lowest BCUT2D eigenvalue weighted by Crippen LogP contribution is -2.38. The second kappa shape index (κ2) is 5.16. The molecule has 5 nitrogen and oxygen atoms in total. The van der Waals surface area contributed by atoms with Gasteiger partial charge in [-0.25, -0.2) is 0 Å². The van der Waals surface area contributed by atoms with Crippen molar-refractivity contribution in [2.75, 3.05) is 19.7 Å². The molecular formula is C8H16N2O3. The molecule has 13 heavy (non-hydrogen) atoms. The minimum absolute atomic E-state index is 0.0485. The van der Waals surface area contributed by atoms with E-state index in [2.05, 4.69) is 10.6 Å². The molecule has 1 rings (SSSR count). The summed E-state index contributed by atoms with van der Waals surface area (Å²) in [5.41, 5.74) is 0. The maximum Gasteiger partial charge on any atom is 0.234 e. The third-order valence-electron chi connectivity index (χ3n) is 1.82. The molecule has 0 heterocycles. The number of carbonyl (C=O) groups excluding carboxylic acids is 1. The van der Waals surface area contributed by atoms with Crippen LogP contribution in [0.25, 0.3) is 0 Å². The molecule has 0 saturated heterocycles. The molecule has 1 saturated carbocycles. The first-order valence-electron chi connectivity index (χ1n) is 4.51. The lowest BCUT2D eigenvalue weighted by molar-refractivity contribution is -0.120. The van der Waals surface area contributed by atoms with E-state index in [0.29, 0.717) is 6.04 Å². The zero-order valence-corrected chi connectivity index (χ0v) is 7.49. The SMILES string of the molecule is O=C(CNC[C@H](O)CO)NC1CC1. The van der Waals surface area contributed by atoms with Gasteiger partial charge < -0.3 is 20.8 Å². The fraction of sp³-hybridized carbons (Fsp3) is 0.875. The van der Waals surface area contributed by atoms with Crippen LogP contribution in [0.4, 0.5) is 0 Å². The highest BCUT2D eigenvalue weighted by molar-refractivity contribution is 5.78. The van der Waals surface area contributed by atoms with E-state index >= 15 is 0 Å². The van der Waals surface area contributed by atoms with Crippen LogP contribution in [0.2, 0.25) is 0 Å². The van der Waals surface area contributed by atoms with Crippen LogP contribution in [-0.2, 0) is 4.79 Å². The van der Waals surface area contributed by atoms with Crippen LogP contribution in [0.3, 0.4) is 0 Å². The Morgan fingerprint density at radius 1 is 1.54 bits per heavy atom. The summed E-state index contributed by atoms with van der Waals surface area (Å²) < 4.78 is 0. The quantitative estimate of drug-likeness (QED) is 0.397. The van der Waals surface area contributed by atoms with E-state index in [1.165, 1.54) is 0 Å². The van der Waals surface area contributed by atoms with Gasteiger partial charge in [0.05, 0.1) is 19.3 Å². The molecule has 0 radical (unpaired) electrons. The van der Waals surface area contributed by atoms with E-state index in [4.69, 9.17) is 10.2 Å². The van der Waals surface area contributed by atoms with Gasteiger partial charge in [0.1, 0.15) is 0 Å². The van der Waals surface area contributed by atoms with Crippen molar-refractivity contribution in [2.24, 2.45) is 0 Å². The summed E-state index contributed by atoms with van der Waals surface area (Å²) >= 11 is 0. The summed E-state index contributed by atoms with van der Waals surface area (Å²) in [6.45, 7) is 0.166. The van der Waals surface area contributed by atoms with Crippen LogP contribution in [0.1, 0.15) is 12.8 Å². The highest BCUT2D eigenvalue weighted by Gasteiger charge is 2.22. The average molecular weight is 188 g/mol. The first-order chi connectivity index (χ1) is 6.22. The van der Waals surface area contributed by atoms with E-state index in [-0.39, 0.29) is 25.6 Å². The van der Waals surface area contributed by atoms with Gasteiger partial charge in [0.15, 0.2) is 0 Å². The van der Waals surface area contributed by atoms with Crippen molar-refractivity contribution in [3.63, 3.8) is 0 Å². The highest BCUT2D eigenvalue weighted by Crippen LogP contribution is 2.17. The van der Waals surface area contributed by atoms with Crippen LogP contribution in [-0.4, -0.2) is 48.0 Å². The molecule has 1 aliphatic rings. The molecule has 0 aromatic heterocycles. The van der Waals surface area contributed by atoms with Crippen molar-refractivity contribution in [1.29, 1.82) is 0 Å². The Balaban J connectivity index is 1.94. The number of hydrogen-bond acceptors (Lipinski definition) is 4. The molecule has 76 valence electrons. The van der Waals surface area contributed by atoms with E-state index in [1.807, 2.05) is 0 Å². The number of aliphatic hydroxyl groups excluding tert-OH is 2. The Morgan fingerprint density at radius 2 is 2.23 bits per heavy atom. The van der Waals surface area contributed by atoms with Gasteiger partial charge in [0, 0.05) is 12.6 Å². The molecule has 4 N–H and O–H groups in total. The summed E-state index contributed by atoms with van der Waals surface area (Å²) in [6, 6.07) is 0.372. The van der Waals surface area contributed by atoms with E-state index in [9.17, 15) is 4.79 Å². The largest absolute Gasteiger partial charge is 0.394 e. The van der Waals surface area contributed by atoms with E-state index < -0.39 is 6.10 Å². The monoisotopic (exact) mass is 188 g/mol. The van der Waals surface area contributed by atoms with Gasteiger partial charge in [-0.05, 0) is 12.8 Å². The average Bonchev–Trinajstić information content (AvgIpc) is 2.88. The topological polar surface area (TPSA) is 81.6 Å². The van der Waals surface area contributed by atoms with Gasteiger partial charge in [-0.3, -0.25) is 4.79 Å². The van der Waals surface area contributed by atoms with Gasteiger partial charge >= 0.3 is 0 Å². The summed E-state index contributed by atoms with van der Waals surface area (Å²) in [6.07, 6.45) is 1.37. The molecular weight excluding hydrogens is 172 g/mol. The molecule has 0 aromatic rings. The van der Waals surface area contributed by atoms with Gasteiger partial charge in [0.2, 0.25) is 5.91 Å². The maximum absolute atomic E-state index is 11.0. The second-order valence-corrected chi connectivity index (χ2v) is 3.31. The molecule has 1 aliphatic carbocycles. The van der Waals surface area contributed by atoms with Crippen molar-refractivity contribution in [3.8, 4) is 0 Å². The van der Waals surface area contributed by atoms with Gasteiger partial charge in [-0.1, -0.05) is 0 Å². The van der Waals surface area contributed by atoms with Crippen LogP contribution in [0.15, 0.2) is 0 Å². The standard InChI is InChI=1S/C8H16N2O3/c11-5-7(12)3-9-4-8(13)10-6-1-2-6/h6-7,9,11-12H,1-5H2,(H,10,13)/t7-/m0/s1. The van der Waals surface area contributed by atoms with Crippen molar-refractivity contribution in [3.05, 3.63) is 0 Å². The second-order valence-electron chi connectivity index (χ2n) is 3.31. The highest BCUT2D eigenvalue weighted by atomic mass is 16.3. The molecule has 1 atom stereocenters. The summed E-state index contributed by atoms with van der Waals surface area (Å²) in [7, 11) is 0. The maximum atomic E-state index is 11.0. The van der Waals surface area contributed by atoms with Crippen molar-refractivity contribution < 1.29 is 15.0 Å². The number of nitrogens with one attached hydrogen (secondary N) is 2. The Labute approximate surface area is 77.1 Å². The first kappa shape index (κ1) is 10.4. The Kier molecular flexibility index (Phi) is 4.14. The normalized spacial score (nSPS) is 18.3. The van der Waals surface area contributed by atoms with E-state index in [0.717, 1.165) is 12.8 Å². The van der Waals surface area contributed by atoms with Crippen LogP contribution in [0.5, 0.6) is 0 Å². The third-order valence-corrected chi connectivity index (χ3v) is 1.82. The predicted molar refractivity (Wildman–Crippen MR) is 47.1 cm³/mol. The van der Waals surface area contributed by atoms with Gasteiger partial charge in [-0.2, -0.15) is 0 Å². The predicted octanol–water partition coefficient (Wildman–Crippen LogP) is -1.79. The Bertz CT molecular complexity index is 171. The molecule has 0 aromatic carbocycles. The molecule has 0 aliphatic heterocycles. The fourth-order valence-electron chi connectivity index (χ4n) is 0.923. The molecule has 0 spiro atoms. The fourth-order valence-corrected chi connectivity index (χ4v) is 0.923. The van der Waals surface area contributed by atoms with Crippen molar-refractivity contribution >= 4 is 5.91 Å². The van der Waals surface area contributed by atoms with Crippen LogP contribution >= 0.6 is 0 Å². The zero-order valence-electron chi connectivity index (χ0n) is 7.49. The van der Waals surface area contributed by atoms with Crippen LogP contribution in [0, 0.1) is 0 Å². The third kappa shape index (κ3) is 4.82. The van der Waals surface area contributed by atoms with Crippen LogP contribution < -0.4 is 10.6 Å². The molecule has 0 unspecified atom stereocenters. The minimum Gasteiger partial charge on any atom is -0.394 e. The van der Waals surface area contributed by atoms with Crippen molar-refractivity contribution in [1.82, 2.24) is 10.6 Å². The first-order valence-corrected chi connectivity index (χ1v) is 4.51. The number of rotatable bonds is 6. The van der Waals surface area contributed by atoms with Gasteiger partial charge in [0.25, 0.3) is 0 Å². The number of carbonyl (C=O) groups is 1.